The Morgan fingerprint density at radius 1 is 1.00 bits per heavy atom. The fourth-order valence-corrected chi connectivity index (χ4v) is 5.45. The summed E-state index contributed by atoms with van der Waals surface area (Å²) in [6.45, 7) is 2.46. The van der Waals surface area contributed by atoms with Gasteiger partial charge in [0.05, 0.1) is 17.6 Å². The number of aromatic nitrogens is 4. The van der Waals surface area contributed by atoms with Gasteiger partial charge in [-0.15, -0.1) is 0 Å². The lowest BCUT2D eigenvalue weighted by Crippen LogP contribution is -2.40. The van der Waals surface area contributed by atoms with Crippen LogP contribution in [0.4, 0.5) is 0 Å². The number of hydrogen-bond acceptors (Lipinski definition) is 4. The van der Waals surface area contributed by atoms with Crippen LogP contribution in [0, 0.1) is 0 Å². The Labute approximate surface area is 211 Å². The molecule has 9 nitrogen and oxygen atoms in total. The number of para-hydroxylation sites is 2. The summed E-state index contributed by atoms with van der Waals surface area (Å²) in [4.78, 5) is 45.3. The molecule has 0 bridgehead atoms. The molecule has 2 aromatic heterocycles. The summed E-state index contributed by atoms with van der Waals surface area (Å²) in [5, 5.41) is 5.07. The van der Waals surface area contributed by atoms with Crippen molar-refractivity contribution in [3.05, 3.63) is 87.1 Å². The molecule has 0 unspecified atom stereocenters. The number of amides is 2. The van der Waals surface area contributed by atoms with E-state index in [1.807, 2.05) is 48.5 Å². The summed E-state index contributed by atoms with van der Waals surface area (Å²) in [6.07, 6.45) is 1.34. The van der Waals surface area contributed by atoms with Crippen molar-refractivity contribution >= 4 is 34.4 Å². The lowest BCUT2D eigenvalue weighted by molar-refractivity contribution is 0.0672. The zero-order chi connectivity index (χ0) is 24.8. The van der Waals surface area contributed by atoms with Crippen LogP contribution in [0.25, 0.3) is 11.0 Å². The highest BCUT2D eigenvalue weighted by atomic mass is 35.5. The smallest absolute Gasteiger partial charge is 0.326 e. The van der Waals surface area contributed by atoms with Crippen molar-refractivity contribution in [1.29, 1.82) is 0 Å². The first kappa shape index (κ1) is 22.6. The highest BCUT2D eigenvalue weighted by Gasteiger charge is 2.31. The molecule has 1 saturated heterocycles. The molecule has 36 heavy (non-hydrogen) atoms. The highest BCUT2D eigenvalue weighted by Crippen LogP contribution is 2.26. The van der Waals surface area contributed by atoms with E-state index >= 15 is 0 Å². The molecule has 10 heteroatoms. The molecule has 4 heterocycles. The number of imidazole rings is 1. The first-order valence-corrected chi connectivity index (χ1v) is 12.5. The Balaban J connectivity index is 1.15. The van der Waals surface area contributed by atoms with Crippen LogP contribution in [0.3, 0.4) is 0 Å². The van der Waals surface area contributed by atoms with Gasteiger partial charge in [-0.1, -0.05) is 41.9 Å². The molecule has 2 aromatic carbocycles. The van der Waals surface area contributed by atoms with Crippen molar-refractivity contribution in [1.82, 2.24) is 29.1 Å². The average molecular weight is 505 g/mol. The van der Waals surface area contributed by atoms with E-state index in [4.69, 9.17) is 11.6 Å². The van der Waals surface area contributed by atoms with Crippen molar-refractivity contribution in [3.8, 4) is 0 Å². The van der Waals surface area contributed by atoms with Gasteiger partial charge in [0.15, 0.2) is 5.69 Å². The van der Waals surface area contributed by atoms with Crippen LogP contribution in [0.15, 0.2) is 59.4 Å². The maximum Gasteiger partial charge on any atom is 0.326 e. The van der Waals surface area contributed by atoms with Gasteiger partial charge >= 0.3 is 5.69 Å². The third-order valence-electron chi connectivity index (χ3n) is 7.15. The Bertz CT molecular complexity index is 1530. The third kappa shape index (κ3) is 3.89. The Kier molecular flexibility index (Phi) is 5.64. The number of halogens is 1. The Morgan fingerprint density at radius 2 is 1.75 bits per heavy atom. The fraction of sp³-hybridized carbons (Fsp3) is 0.308. The third-order valence-corrected chi connectivity index (χ3v) is 7.52. The highest BCUT2D eigenvalue weighted by molar-refractivity contribution is 6.31. The molecule has 0 atom stereocenters. The van der Waals surface area contributed by atoms with Gasteiger partial charge in [-0.3, -0.25) is 18.8 Å². The van der Waals surface area contributed by atoms with Gasteiger partial charge < -0.3 is 14.8 Å². The van der Waals surface area contributed by atoms with Gasteiger partial charge in [0.25, 0.3) is 11.8 Å². The van der Waals surface area contributed by atoms with E-state index in [0.29, 0.717) is 56.3 Å². The number of carbonyl (C=O) groups is 2. The van der Waals surface area contributed by atoms with E-state index in [0.717, 1.165) is 16.6 Å². The zero-order valence-electron chi connectivity index (χ0n) is 19.6. The van der Waals surface area contributed by atoms with Crippen molar-refractivity contribution in [3.63, 3.8) is 0 Å². The quantitative estimate of drug-likeness (QED) is 0.461. The van der Waals surface area contributed by atoms with Crippen molar-refractivity contribution in [2.45, 2.75) is 32.0 Å². The molecule has 1 N–H and O–H groups in total. The van der Waals surface area contributed by atoms with Crippen molar-refractivity contribution in [2.24, 2.45) is 0 Å². The lowest BCUT2D eigenvalue weighted by atomic mass is 10.0. The van der Waals surface area contributed by atoms with Crippen LogP contribution in [0.2, 0.25) is 5.02 Å². The second-order valence-electron chi connectivity index (χ2n) is 9.30. The number of nitrogens with one attached hydrogen (secondary N) is 1. The summed E-state index contributed by atoms with van der Waals surface area (Å²) in [5.74, 6) is -0.350. The van der Waals surface area contributed by atoms with Crippen LogP contribution in [0.1, 0.15) is 45.4 Å². The minimum Gasteiger partial charge on any atom is -0.337 e. The van der Waals surface area contributed by atoms with Crippen LogP contribution in [0.5, 0.6) is 0 Å². The minimum absolute atomic E-state index is 0.0212. The van der Waals surface area contributed by atoms with E-state index < -0.39 is 0 Å². The molecule has 4 aromatic rings. The predicted molar refractivity (Wildman–Crippen MR) is 135 cm³/mol. The number of aromatic amines is 1. The van der Waals surface area contributed by atoms with Crippen LogP contribution < -0.4 is 5.69 Å². The first-order chi connectivity index (χ1) is 17.5. The summed E-state index contributed by atoms with van der Waals surface area (Å²) >= 11 is 6.28. The minimum atomic E-state index is -0.188. The summed E-state index contributed by atoms with van der Waals surface area (Å²) in [5.41, 5.74) is 3.15. The van der Waals surface area contributed by atoms with Crippen molar-refractivity contribution < 1.29 is 9.59 Å². The molecule has 0 aliphatic carbocycles. The molecule has 2 aliphatic heterocycles. The van der Waals surface area contributed by atoms with E-state index in [2.05, 4.69) is 10.1 Å². The summed E-state index contributed by atoms with van der Waals surface area (Å²) in [6, 6.07) is 16.7. The Hall–Kier alpha value is -3.85. The second kappa shape index (κ2) is 8.98. The molecule has 0 radical (unpaired) electrons. The van der Waals surface area contributed by atoms with Crippen LogP contribution >= 0.6 is 11.6 Å². The van der Waals surface area contributed by atoms with Gasteiger partial charge in [0.1, 0.15) is 5.69 Å². The number of hydrogen-bond donors (Lipinski definition) is 1. The standard InChI is InChI=1S/C26H25ClN6O3/c27-19-6-2-1-5-17(19)16-31-13-14-32-23(25(31)35)15-21(29-32)24(34)30-11-9-18(10-12-30)33-22-8-4-3-7-20(22)28-26(33)36/h1-8,15,18H,9-14,16H2,(H,28,36). The number of likely N-dealkylation sites (tertiary alicyclic amines) is 1. The molecule has 2 amide bonds. The molecule has 6 rings (SSSR count). The van der Waals surface area contributed by atoms with Gasteiger partial charge in [-0.2, -0.15) is 5.10 Å². The number of piperidine rings is 1. The maximum absolute atomic E-state index is 13.2. The van der Waals surface area contributed by atoms with E-state index in [1.54, 1.807) is 25.1 Å². The summed E-state index contributed by atoms with van der Waals surface area (Å²) < 4.78 is 3.43. The Morgan fingerprint density at radius 3 is 2.56 bits per heavy atom. The molecule has 0 spiro atoms. The number of H-pyrrole nitrogens is 1. The van der Waals surface area contributed by atoms with Gasteiger partial charge in [-0.25, -0.2) is 4.79 Å². The largest absolute Gasteiger partial charge is 0.337 e. The number of carbonyl (C=O) groups excluding carboxylic acids is 2. The first-order valence-electron chi connectivity index (χ1n) is 12.1. The predicted octanol–water partition coefficient (Wildman–Crippen LogP) is 3.31. The summed E-state index contributed by atoms with van der Waals surface area (Å²) in [7, 11) is 0. The fourth-order valence-electron chi connectivity index (χ4n) is 5.25. The SMILES string of the molecule is O=C(c1cc2n(n1)CCN(Cc1ccccc1Cl)C2=O)N1CCC(n2c(=O)[nH]c3ccccc32)CC1. The molecule has 1 fully saturated rings. The monoisotopic (exact) mass is 504 g/mol. The van der Waals surface area contributed by atoms with E-state index in [-0.39, 0.29) is 29.2 Å². The number of fused-ring (bicyclic) bond motifs is 2. The van der Waals surface area contributed by atoms with Gasteiger partial charge in [0.2, 0.25) is 0 Å². The van der Waals surface area contributed by atoms with Crippen LogP contribution in [-0.2, 0) is 13.1 Å². The molecule has 184 valence electrons. The average Bonchev–Trinajstić information content (AvgIpc) is 3.48. The number of benzene rings is 2. The maximum atomic E-state index is 13.2. The van der Waals surface area contributed by atoms with Crippen LogP contribution in [-0.4, -0.2) is 60.6 Å². The van der Waals surface area contributed by atoms with E-state index in [9.17, 15) is 14.4 Å². The van der Waals surface area contributed by atoms with Gasteiger partial charge in [-0.05, 0) is 36.6 Å². The zero-order valence-corrected chi connectivity index (χ0v) is 20.3. The molecular weight excluding hydrogens is 480 g/mol. The van der Waals surface area contributed by atoms with Crippen molar-refractivity contribution in [2.75, 3.05) is 19.6 Å². The topological polar surface area (TPSA) is 96.2 Å². The van der Waals surface area contributed by atoms with Gasteiger partial charge in [0, 0.05) is 43.3 Å². The second-order valence-corrected chi connectivity index (χ2v) is 9.70. The number of nitrogens with zero attached hydrogens (tertiary/aromatic N) is 5. The molecule has 0 saturated carbocycles. The van der Waals surface area contributed by atoms with E-state index in [1.165, 1.54) is 0 Å². The normalized spacial score (nSPS) is 16.5. The molecular formula is C26H25ClN6O3. The number of rotatable bonds is 4. The lowest BCUT2D eigenvalue weighted by Gasteiger charge is -2.32. The molecule has 2 aliphatic rings.